The molecule has 10 nitrogen and oxygen atoms in total. The predicted molar refractivity (Wildman–Crippen MR) is 93.2 cm³/mol. The Labute approximate surface area is 154 Å². The lowest BCUT2D eigenvalue weighted by Gasteiger charge is -2.16. The van der Waals surface area contributed by atoms with Crippen LogP contribution in [0.1, 0.15) is 31.1 Å². The van der Waals surface area contributed by atoms with Gasteiger partial charge in [-0.2, -0.15) is 0 Å². The average Bonchev–Trinajstić information content (AvgIpc) is 2.99. The molecule has 1 saturated heterocycles. The third kappa shape index (κ3) is 5.04. The van der Waals surface area contributed by atoms with E-state index in [2.05, 4.69) is 21.9 Å². The minimum Gasteiger partial charge on any atom is -0.459 e. The highest BCUT2D eigenvalue weighted by atomic mass is 32.4. The molecular formula is C14H18N3O7PS. The zero-order chi connectivity index (χ0) is 19.3. The Bertz CT molecular complexity index is 808. The number of aliphatic hydroxyl groups excluding tert-OH is 1. The number of aryl methyl sites for hydroxylation is 1. The molecule has 1 fully saturated rings. The van der Waals surface area contributed by atoms with Crippen LogP contribution in [0, 0.1) is 6.92 Å². The molecule has 0 unspecified atom stereocenters. The van der Waals surface area contributed by atoms with Crippen molar-refractivity contribution in [2.75, 3.05) is 6.61 Å². The average molecular weight is 403 g/mol. The number of hydrogen-bond acceptors (Lipinski definition) is 8. The monoisotopic (exact) mass is 403 g/mol. The summed E-state index contributed by atoms with van der Waals surface area (Å²) in [5.41, 5.74) is -0.835. The van der Waals surface area contributed by atoms with Crippen LogP contribution in [-0.4, -0.2) is 45.3 Å². The maximum absolute atomic E-state index is 11.9. The number of nitrogens with zero attached hydrogens (tertiary/aromatic N) is 1. The van der Waals surface area contributed by atoms with E-state index in [-0.39, 0.29) is 32.7 Å². The molecule has 0 aromatic carbocycles. The van der Waals surface area contributed by atoms with Gasteiger partial charge >= 0.3 is 11.7 Å². The second-order valence-corrected chi connectivity index (χ2v) is 6.63. The molecule has 3 atom stereocenters. The first-order chi connectivity index (χ1) is 12.3. The van der Waals surface area contributed by atoms with Crippen LogP contribution >= 0.6 is 7.51 Å². The molecule has 1 aromatic rings. The highest BCUT2D eigenvalue weighted by molar-refractivity contribution is 7.95. The van der Waals surface area contributed by atoms with Gasteiger partial charge in [-0.15, -0.1) is 0 Å². The van der Waals surface area contributed by atoms with Crippen molar-refractivity contribution in [3.8, 4) is 0 Å². The number of aromatic amines is 1. The molecule has 26 heavy (non-hydrogen) atoms. The summed E-state index contributed by atoms with van der Waals surface area (Å²) in [5, 5.41) is 11.8. The van der Waals surface area contributed by atoms with Crippen molar-refractivity contribution in [1.29, 1.82) is 0 Å². The first-order valence-electron chi connectivity index (χ1n) is 7.74. The van der Waals surface area contributed by atoms with Gasteiger partial charge in [-0.1, -0.05) is 0 Å². The number of ether oxygens (including phenoxy) is 2. The minimum absolute atomic E-state index is 0.0676. The van der Waals surface area contributed by atoms with E-state index >= 15 is 0 Å². The van der Waals surface area contributed by atoms with Gasteiger partial charge in [0.15, 0.2) is 0 Å². The van der Waals surface area contributed by atoms with Crippen LogP contribution in [0.2, 0.25) is 0 Å². The first kappa shape index (κ1) is 20.4. The molecule has 142 valence electrons. The van der Waals surface area contributed by atoms with Gasteiger partial charge in [0.05, 0.1) is 20.5 Å². The number of H-pyrrole nitrogens is 1. The van der Waals surface area contributed by atoms with E-state index in [4.69, 9.17) is 9.47 Å². The molecule has 2 rings (SSSR count). The zero-order valence-corrected chi connectivity index (χ0v) is 15.5. The van der Waals surface area contributed by atoms with Crippen LogP contribution < -0.4 is 16.3 Å². The summed E-state index contributed by atoms with van der Waals surface area (Å²) >= 11 is 4.57. The van der Waals surface area contributed by atoms with Crippen LogP contribution in [-0.2, 0) is 30.9 Å². The fourth-order valence-corrected chi connectivity index (χ4v) is 3.03. The molecule has 0 saturated carbocycles. The number of carbonyl (C=O) groups excluding carboxylic acids is 2. The Morgan fingerprint density at radius 2 is 2.23 bits per heavy atom. The Kier molecular flexibility index (Phi) is 7.15. The van der Waals surface area contributed by atoms with E-state index in [0.29, 0.717) is 5.56 Å². The molecule has 0 spiro atoms. The van der Waals surface area contributed by atoms with Gasteiger partial charge in [0.25, 0.3) is 5.56 Å². The van der Waals surface area contributed by atoms with Crippen molar-refractivity contribution in [1.82, 2.24) is 14.6 Å². The van der Waals surface area contributed by atoms with Crippen molar-refractivity contribution in [2.24, 2.45) is 0 Å². The summed E-state index contributed by atoms with van der Waals surface area (Å²) in [5.74, 6) is -0.993. The van der Waals surface area contributed by atoms with Crippen molar-refractivity contribution >= 4 is 31.2 Å². The molecule has 0 aliphatic carbocycles. The molecule has 3 N–H and O–H groups in total. The Balaban J connectivity index is 2.03. The second-order valence-electron chi connectivity index (χ2n) is 5.68. The maximum atomic E-state index is 11.9. The highest BCUT2D eigenvalue weighted by Gasteiger charge is 2.39. The Hall–Kier alpha value is -1.94. The number of amides is 1. The second kappa shape index (κ2) is 9.13. The molecule has 1 aromatic heterocycles. The van der Waals surface area contributed by atoms with Gasteiger partial charge in [-0.05, 0) is 18.7 Å². The SMILES string of the molecule is Cc1cn([C@H]2C[C@@H](OC(=O)CCC(=O)NP=S)[C@@H](CO)O2)c(=O)[nH]c1=O. The lowest BCUT2D eigenvalue weighted by atomic mass is 10.2. The van der Waals surface area contributed by atoms with E-state index in [1.807, 2.05) is 0 Å². The maximum Gasteiger partial charge on any atom is 0.330 e. The quantitative estimate of drug-likeness (QED) is 0.399. The number of aromatic nitrogens is 2. The summed E-state index contributed by atoms with van der Waals surface area (Å²) in [6.45, 7) is 1.12. The van der Waals surface area contributed by atoms with Gasteiger partial charge in [0, 0.05) is 24.6 Å². The van der Waals surface area contributed by atoms with Gasteiger partial charge in [0.2, 0.25) is 5.91 Å². The van der Waals surface area contributed by atoms with Crippen molar-refractivity contribution in [3.63, 3.8) is 0 Å². The highest BCUT2D eigenvalue weighted by Crippen LogP contribution is 2.30. The molecule has 0 bridgehead atoms. The Morgan fingerprint density at radius 3 is 2.88 bits per heavy atom. The van der Waals surface area contributed by atoms with Crippen molar-refractivity contribution in [3.05, 3.63) is 32.6 Å². The number of esters is 1. The topological polar surface area (TPSA) is 140 Å². The fraction of sp³-hybridized carbons (Fsp3) is 0.571. The Morgan fingerprint density at radius 1 is 1.50 bits per heavy atom. The minimum atomic E-state index is -0.817. The largest absolute Gasteiger partial charge is 0.459 e. The van der Waals surface area contributed by atoms with Crippen LogP contribution in [0.3, 0.4) is 0 Å². The fourth-order valence-electron chi connectivity index (χ4n) is 2.51. The molecule has 1 aliphatic rings. The summed E-state index contributed by atoms with van der Waals surface area (Å²) in [4.78, 5) is 48.8. The molecule has 0 radical (unpaired) electrons. The van der Waals surface area contributed by atoms with Crippen LogP contribution in [0.15, 0.2) is 15.8 Å². The third-order valence-corrected chi connectivity index (χ3v) is 4.44. The predicted octanol–water partition coefficient (Wildman–Crippen LogP) is -0.744. The number of hydrogen-bond donors (Lipinski definition) is 3. The number of rotatable bonds is 7. The van der Waals surface area contributed by atoms with E-state index < -0.39 is 42.3 Å². The molecule has 12 heteroatoms. The van der Waals surface area contributed by atoms with E-state index in [9.17, 15) is 24.3 Å². The van der Waals surface area contributed by atoms with Gasteiger partial charge in [0.1, 0.15) is 18.4 Å². The van der Waals surface area contributed by atoms with Crippen LogP contribution in [0.4, 0.5) is 0 Å². The van der Waals surface area contributed by atoms with Gasteiger partial charge < -0.3 is 14.6 Å². The van der Waals surface area contributed by atoms with E-state index in [0.717, 1.165) is 0 Å². The molecular weight excluding hydrogens is 385 g/mol. The normalized spacial score (nSPS) is 22.3. The molecule has 2 heterocycles. The summed E-state index contributed by atoms with van der Waals surface area (Å²) < 4.78 is 12.0. The van der Waals surface area contributed by atoms with Crippen molar-refractivity contribution < 1.29 is 24.2 Å². The van der Waals surface area contributed by atoms with Crippen molar-refractivity contribution in [2.45, 2.75) is 44.6 Å². The third-order valence-electron chi connectivity index (χ3n) is 3.83. The van der Waals surface area contributed by atoms with Gasteiger partial charge in [-0.3, -0.25) is 29.0 Å². The first-order valence-corrected chi connectivity index (χ1v) is 9.65. The summed E-state index contributed by atoms with van der Waals surface area (Å²) in [6.07, 6.45) is -1.13. The number of nitrogens with one attached hydrogen (secondary N) is 2. The van der Waals surface area contributed by atoms with E-state index in [1.54, 1.807) is 0 Å². The van der Waals surface area contributed by atoms with Crippen LogP contribution in [0.25, 0.3) is 0 Å². The lowest BCUT2D eigenvalue weighted by molar-refractivity contribution is -0.154. The number of aliphatic hydroxyl groups is 1. The standard InChI is InChI=1S/C14H18N3O7PS/c1-7-5-17(14(22)15-13(7)21)11-4-8(9(6-18)23-11)24-12(20)3-2-10(19)16-25-26/h5,8-9,11,18H,2-4,6H2,1H3,(H,15,21,22)(H,16,19,26)/t8-,9-,11-/m1/s1. The smallest absolute Gasteiger partial charge is 0.330 e. The lowest BCUT2D eigenvalue weighted by Crippen LogP contribution is -2.33. The summed E-state index contributed by atoms with van der Waals surface area (Å²) in [7, 11) is 0.281. The molecule has 1 aliphatic heterocycles. The van der Waals surface area contributed by atoms with Gasteiger partial charge in [-0.25, -0.2) is 4.79 Å². The zero-order valence-electron chi connectivity index (χ0n) is 13.8. The molecule has 1 amide bonds. The summed E-state index contributed by atoms with van der Waals surface area (Å²) in [6, 6.07) is 0. The van der Waals surface area contributed by atoms with Crippen LogP contribution in [0.5, 0.6) is 0 Å². The number of carbonyl (C=O) groups is 2. The van der Waals surface area contributed by atoms with E-state index in [1.165, 1.54) is 17.7 Å².